The third kappa shape index (κ3) is 4.42. The van der Waals surface area contributed by atoms with Crippen molar-refractivity contribution in [1.82, 2.24) is 14.8 Å². The molecule has 0 spiro atoms. The SMILES string of the molecule is CCOC(=O)N1CCN(C(=O)c2ccnc(N(CC)c3ccccc3)c2)CC1. The Bertz CT molecular complexity index is 804. The summed E-state index contributed by atoms with van der Waals surface area (Å²) in [5, 5.41) is 0. The molecule has 28 heavy (non-hydrogen) atoms. The lowest BCUT2D eigenvalue weighted by Crippen LogP contribution is -2.50. The molecule has 1 saturated heterocycles. The van der Waals surface area contributed by atoms with Gasteiger partial charge in [0.1, 0.15) is 5.82 Å². The summed E-state index contributed by atoms with van der Waals surface area (Å²) in [7, 11) is 0. The molecule has 2 heterocycles. The molecular formula is C21H26N4O3. The molecule has 1 fully saturated rings. The monoisotopic (exact) mass is 382 g/mol. The number of ether oxygens (including phenoxy) is 1. The average molecular weight is 382 g/mol. The number of rotatable bonds is 5. The van der Waals surface area contributed by atoms with Gasteiger partial charge in [-0.1, -0.05) is 18.2 Å². The van der Waals surface area contributed by atoms with Crippen LogP contribution in [0.4, 0.5) is 16.3 Å². The predicted octanol–water partition coefficient (Wildman–Crippen LogP) is 3.15. The maximum atomic E-state index is 12.9. The number of piperazine rings is 1. The van der Waals surface area contributed by atoms with Crippen LogP contribution in [0.2, 0.25) is 0 Å². The minimum absolute atomic E-state index is 0.0451. The van der Waals surface area contributed by atoms with Gasteiger partial charge < -0.3 is 19.4 Å². The molecule has 0 bridgehead atoms. The third-order valence-electron chi connectivity index (χ3n) is 4.75. The molecule has 1 aromatic heterocycles. The van der Waals surface area contributed by atoms with Gasteiger partial charge in [-0.2, -0.15) is 0 Å². The van der Waals surface area contributed by atoms with Crippen LogP contribution in [0, 0.1) is 0 Å². The van der Waals surface area contributed by atoms with Gasteiger partial charge in [-0.15, -0.1) is 0 Å². The fourth-order valence-corrected chi connectivity index (χ4v) is 3.27. The number of pyridine rings is 1. The van der Waals surface area contributed by atoms with Crippen molar-refractivity contribution in [3.63, 3.8) is 0 Å². The zero-order valence-electron chi connectivity index (χ0n) is 16.4. The van der Waals surface area contributed by atoms with E-state index in [-0.39, 0.29) is 12.0 Å². The van der Waals surface area contributed by atoms with E-state index in [4.69, 9.17) is 4.74 Å². The first-order valence-electron chi connectivity index (χ1n) is 9.63. The van der Waals surface area contributed by atoms with Crippen LogP contribution in [0.15, 0.2) is 48.7 Å². The molecule has 0 aliphatic carbocycles. The standard InChI is InChI=1S/C21H26N4O3/c1-3-25(18-8-6-5-7-9-18)19-16-17(10-11-22-19)20(26)23-12-14-24(15-13-23)21(27)28-4-2/h5-11,16H,3-4,12-15H2,1-2H3. The van der Waals surface area contributed by atoms with Crippen molar-refractivity contribution < 1.29 is 14.3 Å². The van der Waals surface area contributed by atoms with Crippen LogP contribution in [0.5, 0.6) is 0 Å². The van der Waals surface area contributed by atoms with E-state index in [0.29, 0.717) is 38.3 Å². The number of nitrogens with zero attached hydrogens (tertiary/aromatic N) is 4. The first-order chi connectivity index (χ1) is 13.6. The molecular weight excluding hydrogens is 356 g/mol. The van der Waals surface area contributed by atoms with Gasteiger partial charge in [-0.05, 0) is 38.1 Å². The van der Waals surface area contributed by atoms with E-state index in [1.54, 1.807) is 29.0 Å². The Kier molecular flexibility index (Phi) is 6.47. The fourth-order valence-electron chi connectivity index (χ4n) is 3.27. The van der Waals surface area contributed by atoms with Crippen molar-refractivity contribution in [2.24, 2.45) is 0 Å². The molecule has 148 valence electrons. The minimum Gasteiger partial charge on any atom is -0.450 e. The van der Waals surface area contributed by atoms with Crippen molar-refractivity contribution in [3.8, 4) is 0 Å². The summed E-state index contributed by atoms with van der Waals surface area (Å²) in [5.74, 6) is 0.695. The van der Waals surface area contributed by atoms with E-state index < -0.39 is 0 Å². The van der Waals surface area contributed by atoms with E-state index in [1.165, 1.54) is 0 Å². The highest BCUT2D eigenvalue weighted by molar-refractivity contribution is 5.95. The van der Waals surface area contributed by atoms with Gasteiger partial charge in [0.05, 0.1) is 6.61 Å². The smallest absolute Gasteiger partial charge is 0.409 e. The molecule has 1 aliphatic rings. The van der Waals surface area contributed by atoms with Crippen LogP contribution in [0.3, 0.4) is 0 Å². The number of anilines is 2. The molecule has 2 aromatic rings. The molecule has 7 heteroatoms. The summed E-state index contributed by atoms with van der Waals surface area (Å²) in [4.78, 5) is 34.7. The molecule has 0 saturated carbocycles. The second kappa shape index (κ2) is 9.21. The topological polar surface area (TPSA) is 66.0 Å². The van der Waals surface area contributed by atoms with Crippen LogP contribution in [-0.4, -0.2) is 66.1 Å². The summed E-state index contributed by atoms with van der Waals surface area (Å²) >= 11 is 0. The quantitative estimate of drug-likeness (QED) is 0.795. The Morgan fingerprint density at radius 2 is 1.71 bits per heavy atom. The second-order valence-corrected chi connectivity index (χ2v) is 6.46. The Hall–Kier alpha value is -3.09. The number of hydrogen-bond donors (Lipinski definition) is 0. The van der Waals surface area contributed by atoms with Gasteiger partial charge in [0, 0.05) is 50.2 Å². The first-order valence-corrected chi connectivity index (χ1v) is 9.63. The van der Waals surface area contributed by atoms with Crippen molar-refractivity contribution >= 4 is 23.5 Å². The molecule has 3 rings (SSSR count). The van der Waals surface area contributed by atoms with Crippen LogP contribution in [0.25, 0.3) is 0 Å². The zero-order valence-corrected chi connectivity index (χ0v) is 16.4. The molecule has 2 amide bonds. The molecule has 0 N–H and O–H groups in total. The molecule has 0 unspecified atom stereocenters. The number of carbonyl (C=O) groups excluding carboxylic acids is 2. The lowest BCUT2D eigenvalue weighted by molar-refractivity contribution is 0.0570. The maximum absolute atomic E-state index is 12.9. The highest BCUT2D eigenvalue weighted by Crippen LogP contribution is 2.24. The second-order valence-electron chi connectivity index (χ2n) is 6.46. The Morgan fingerprint density at radius 1 is 1.04 bits per heavy atom. The zero-order chi connectivity index (χ0) is 19.9. The lowest BCUT2D eigenvalue weighted by atomic mass is 10.2. The normalized spacial score (nSPS) is 13.9. The maximum Gasteiger partial charge on any atom is 0.409 e. The number of carbonyl (C=O) groups is 2. The van der Waals surface area contributed by atoms with Gasteiger partial charge in [-0.3, -0.25) is 4.79 Å². The average Bonchev–Trinajstić information content (AvgIpc) is 2.75. The van der Waals surface area contributed by atoms with Crippen LogP contribution >= 0.6 is 0 Å². The third-order valence-corrected chi connectivity index (χ3v) is 4.75. The largest absolute Gasteiger partial charge is 0.450 e. The van der Waals surface area contributed by atoms with Gasteiger partial charge in [0.25, 0.3) is 5.91 Å². The molecule has 0 atom stereocenters. The van der Waals surface area contributed by atoms with E-state index in [1.807, 2.05) is 36.4 Å². The first kappa shape index (κ1) is 19.7. The highest BCUT2D eigenvalue weighted by Gasteiger charge is 2.26. The number of aromatic nitrogens is 1. The summed E-state index contributed by atoms with van der Waals surface area (Å²) in [6, 6.07) is 13.5. The van der Waals surface area contributed by atoms with Crippen molar-refractivity contribution in [1.29, 1.82) is 0 Å². The summed E-state index contributed by atoms with van der Waals surface area (Å²) in [5.41, 5.74) is 1.63. The Morgan fingerprint density at radius 3 is 2.36 bits per heavy atom. The van der Waals surface area contributed by atoms with Gasteiger partial charge in [-0.25, -0.2) is 9.78 Å². The van der Waals surface area contributed by atoms with E-state index >= 15 is 0 Å². The lowest BCUT2D eigenvalue weighted by Gasteiger charge is -2.34. The molecule has 0 radical (unpaired) electrons. The summed E-state index contributed by atoms with van der Waals surface area (Å²) < 4.78 is 5.03. The molecule has 1 aliphatic heterocycles. The number of hydrogen-bond acceptors (Lipinski definition) is 5. The van der Waals surface area contributed by atoms with E-state index in [9.17, 15) is 9.59 Å². The highest BCUT2D eigenvalue weighted by atomic mass is 16.6. The number of benzene rings is 1. The van der Waals surface area contributed by atoms with Crippen molar-refractivity contribution in [3.05, 3.63) is 54.2 Å². The minimum atomic E-state index is -0.317. The van der Waals surface area contributed by atoms with Crippen LogP contribution in [-0.2, 0) is 4.74 Å². The summed E-state index contributed by atoms with van der Waals surface area (Å²) in [6.07, 6.45) is 1.35. The predicted molar refractivity (Wildman–Crippen MR) is 108 cm³/mol. The fraction of sp³-hybridized carbons (Fsp3) is 0.381. The van der Waals surface area contributed by atoms with Crippen molar-refractivity contribution in [2.45, 2.75) is 13.8 Å². The van der Waals surface area contributed by atoms with Gasteiger partial charge in [0.15, 0.2) is 0 Å². The Labute approximate surface area is 165 Å². The van der Waals surface area contributed by atoms with Gasteiger partial charge in [0.2, 0.25) is 0 Å². The van der Waals surface area contributed by atoms with Crippen molar-refractivity contribution in [2.75, 3.05) is 44.2 Å². The van der Waals surface area contributed by atoms with Crippen LogP contribution in [0.1, 0.15) is 24.2 Å². The van der Waals surface area contributed by atoms with E-state index in [0.717, 1.165) is 18.1 Å². The number of para-hydroxylation sites is 1. The van der Waals surface area contributed by atoms with Gasteiger partial charge >= 0.3 is 6.09 Å². The number of amides is 2. The van der Waals surface area contributed by atoms with Crippen LogP contribution < -0.4 is 4.90 Å². The molecule has 7 nitrogen and oxygen atoms in total. The van der Waals surface area contributed by atoms with E-state index in [2.05, 4.69) is 16.8 Å². The molecule has 1 aromatic carbocycles. The Balaban J connectivity index is 1.70. The summed E-state index contributed by atoms with van der Waals surface area (Å²) in [6.45, 7) is 6.88.